The van der Waals surface area contributed by atoms with E-state index in [-0.39, 0.29) is 16.0 Å². The van der Waals surface area contributed by atoms with Crippen LogP contribution in [0.25, 0.3) is 0 Å². The maximum absolute atomic E-state index is 11.9. The van der Waals surface area contributed by atoms with Gasteiger partial charge >= 0.3 is 0 Å². The van der Waals surface area contributed by atoms with Gasteiger partial charge < -0.3 is 0 Å². The number of aromatic nitrogens is 4. The Morgan fingerprint density at radius 3 is 2.59 bits per heavy atom. The minimum Gasteiger partial charge on any atom is -0.261 e. The number of sulfonamides is 1. The molecule has 0 aliphatic heterocycles. The van der Waals surface area contributed by atoms with Crippen LogP contribution in [0.4, 0.5) is 5.82 Å². The lowest BCUT2D eigenvalue weighted by atomic mass is 10.5. The molecule has 2 aromatic rings. The molecule has 0 aliphatic carbocycles. The van der Waals surface area contributed by atoms with Gasteiger partial charge in [-0.3, -0.25) is 9.40 Å². The molecule has 0 saturated carbocycles. The molecule has 0 radical (unpaired) electrons. The van der Waals surface area contributed by atoms with Crippen LogP contribution in [-0.2, 0) is 17.1 Å². The van der Waals surface area contributed by atoms with E-state index in [9.17, 15) is 8.42 Å². The van der Waals surface area contributed by atoms with Crippen molar-refractivity contribution in [1.82, 2.24) is 20.0 Å². The van der Waals surface area contributed by atoms with Crippen molar-refractivity contribution in [3.63, 3.8) is 0 Å². The third-order valence-electron chi connectivity index (χ3n) is 1.92. The summed E-state index contributed by atoms with van der Waals surface area (Å²) in [6, 6.07) is 4.24. The molecule has 0 aromatic carbocycles. The second kappa shape index (κ2) is 4.30. The summed E-state index contributed by atoms with van der Waals surface area (Å²) in [5.41, 5.74) is 0. The monoisotopic (exact) mass is 273 g/mol. The van der Waals surface area contributed by atoms with Crippen LogP contribution in [0.1, 0.15) is 0 Å². The molecule has 17 heavy (non-hydrogen) atoms. The normalized spacial score (nSPS) is 11.4. The van der Waals surface area contributed by atoms with Gasteiger partial charge in [-0.15, -0.1) is 10.2 Å². The van der Waals surface area contributed by atoms with Crippen molar-refractivity contribution in [2.24, 2.45) is 7.05 Å². The van der Waals surface area contributed by atoms with Crippen LogP contribution in [0.15, 0.2) is 29.4 Å². The van der Waals surface area contributed by atoms with Crippen molar-refractivity contribution in [1.29, 1.82) is 0 Å². The van der Waals surface area contributed by atoms with Crippen molar-refractivity contribution in [2.45, 2.75) is 5.03 Å². The molecule has 0 bridgehead atoms. The molecule has 0 saturated heterocycles. The zero-order valence-electron chi connectivity index (χ0n) is 8.70. The molecule has 0 aliphatic rings. The molecule has 0 spiro atoms. The van der Waals surface area contributed by atoms with E-state index in [1.807, 2.05) is 0 Å². The fraction of sp³-hybridized carbons (Fsp3) is 0.125. The number of aryl methyl sites for hydroxylation is 1. The smallest absolute Gasteiger partial charge is 0.261 e. The van der Waals surface area contributed by atoms with Gasteiger partial charge in [-0.2, -0.15) is 13.5 Å². The Labute approximate surface area is 102 Å². The van der Waals surface area contributed by atoms with Gasteiger partial charge in [-0.05, 0) is 18.2 Å². The Morgan fingerprint density at radius 2 is 2.06 bits per heavy atom. The molecule has 0 unspecified atom stereocenters. The van der Waals surface area contributed by atoms with Gasteiger partial charge in [-0.25, -0.2) is 0 Å². The van der Waals surface area contributed by atoms with Gasteiger partial charge in [0.2, 0.25) is 0 Å². The van der Waals surface area contributed by atoms with Crippen molar-refractivity contribution in [3.05, 3.63) is 29.5 Å². The molecule has 90 valence electrons. The van der Waals surface area contributed by atoms with Crippen LogP contribution >= 0.6 is 11.6 Å². The van der Waals surface area contributed by atoms with Gasteiger partial charge in [0.15, 0.2) is 16.0 Å². The number of hydrogen-bond donors (Lipinski definition) is 1. The Kier molecular flexibility index (Phi) is 2.99. The number of nitrogens with zero attached hydrogens (tertiary/aromatic N) is 4. The highest BCUT2D eigenvalue weighted by Gasteiger charge is 2.18. The van der Waals surface area contributed by atoms with E-state index < -0.39 is 10.0 Å². The molecule has 7 nitrogen and oxygen atoms in total. The topological polar surface area (TPSA) is 89.8 Å². The Hall–Kier alpha value is -1.67. The zero-order chi connectivity index (χ0) is 12.5. The van der Waals surface area contributed by atoms with Gasteiger partial charge in [0, 0.05) is 7.05 Å². The van der Waals surface area contributed by atoms with Gasteiger partial charge in [0.05, 0.1) is 6.20 Å². The first-order chi connectivity index (χ1) is 7.99. The van der Waals surface area contributed by atoms with E-state index in [1.165, 1.54) is 36.1 Å². The van der Waals surface area contributed by atoms with Crippen molar-refractivity contribution in [3.8, 4) is 0 Å². The summed E-state index contributed by atoms with van der Waals surface area (Å²) in [6.07, 6.45) is 1.39. The Morgan fingerprint density at radius 1 is 1.29 bits per heavy atom. The summed E-state index contributed by atoms with van der Waals surface area (Å²) < 4.78 is 27.3. The zero-order valence-corrected chi connectivity index (χ0v) is 10.3. The van der Waals surface area contributed by atoms with E-state index >= 15 is 0 Å². The maximum atomic E-state index is 11.9. The average molecular weight is 274 g/mol. The quantitative estimate of drug-likeness (QED) is 0.887. The minimum absolute atomic E-state index is 0.0363. The third-order valence-corrected chi connectivity index (χ3v) is 3.55. The predicted molar refractivity (Wildman–Crippen MR) is 61.1 cm³/mol. The van der Waals surface area contributed by atoms with E-state index in [2.05, 4.69) is 20.0 Å². The molecule has 2 rings (SSSR count). The van der Waals surface area contributed by atoms with E-state index in [1.54, 1.807) is 0 Å². The van der Waals surface area contributed by atoms with Crippen molar-refractivity contribution < 1.29 is 8.42 Å². The number of nitrogens with one attached hydrogen (secondary N) is 1. The number of halogens is 1. The lowest BCUT2D eigenvalue weighted by Gasteiger charge is -2.06. The standard InChI is InChI=1S/C8H8ClN5O2S/c1-14-8(4-5-10-14)17(15,16)13-7-3-2-6(9)11-12-7/h2-5H,1H3,(H,12,13). The molecule has 0 amide bonds. The summed E-state index contributed by atoms with van der Waals surface area (Å²) in [7, 11) is -2.18. The van der Waals surface area contributed by atoms with Crippen LogP contribution in [0.3, 0.4) is 0 Å². The van der Waals surface area contributed by atoms with Crippen LogP contribution in [0, 0.1) is 0 Å². The Balaban J connectivity index is 2.30. The fourth-order valence-electron chi connectivity index (χ4n) is 1.19. The second-order valence-electron chi connectivity index (χ2n) is 3.14. The molecule has 9 heteroatoms. The summed E-state index contributed by atoms with van der Waals surface area (Å²) in [6.45, 7) is 0. The summed E-state index contributed by atoms with van der Waals surface area (Å²) >= 11 is 5.54. The van der Waals surface area contributed by atoms with Crippen LogP contribution in [0.5, 0.6) is 0 Å². The first-order valence-electron chi connectivity index (χ1n) is 4.49. The average Bonchev–Trinajstić information content (AvgIpc) is 2.68. The first-order valence-corrected chi connectivity index (χ1v) is 6.35. The highest BCUT2D eigenvalue weighted by atomic mass is 35.5. The van der Waals surface area contributed by atoms with Crippen molar-refractivity contribution in [2.75, 3.05) is 4.72 Å². The van der Waals surface area contributed by atoms with Crippen LogP contribution < -0.4 is 4.72 Å². The van der Waals surface area contributed by atoms with E-state index in [0.29, 0.717) is 0 Å². The molecule has 0 atom stereocenters. The molecule has 1 N–H and O–H groups in total. The van der Waals surface area contributed by atoms with Crippen molar-refractivity contribution >= 4 is 27.4 Å². The number of rotatable bonds is 3. The minimum atomic E-state index is -3.71. The van der Waals surface area contributed by atoms with Gasteiger partial charge in [0.1, 0.15) is 0 Å². The highest BCUT2D eigenvalue weighted by molar-refractivity contribution is 7.92. The number of hydrogen-bond acceptors (Lipinski definition) is 5. The number of anilines is 1. The largest absolute Gasteiger partial charge is 0.280 e. The lowest BCUT2D eigenvalue weighted by molar-refractivity contribution is 0.582. The predicted octanol–water partition coefficient (Wildman–Crippen LogP) is 0.664. The molecular formula is C8H8ClN5O2S. The third kappa shape index (κ3) is 2.53. The first kappa shape index (κ1) is 11.8. The summed E-state index contributed by atoms with van der Waals surface area (Å²) in [5.74, 6) is 0.0931. The van der Waals surface area contributed by atoms with E-state index in [0.717, 1.165) is 0 Å². The van der Waals surface area contributed by atoms with Crippen LogP contribution in [-0.4, -0.2) is 28.4 Å². The maximum Gasteiger partial charge on any atom is 0.280 e. The SMILES string of the molecule is Cn1nccc1S(=O)(=O)Nc1ccc(Cl)nn1. The highest BCUT2D eigenvalue weighted by Crippen LogP contribution is 2.13. The molecule has 0 fully saturated rings. The summed E-state index contributed by atoms with van der Waals surface area (Å²) in [5, 5.41) is 11.1. The lowest BCUT2D eigenvalue weighted by Crippen LogP contribution is -2.17. The second-order valence-corrected chi connectivity index (χ2v) is 5.16. The van der Waals surface area contributed by atoms with E-state index in [4.69, 9.17) is 11.6 Å². The van der Waals surface area contributed by atoms with Gasteiger partial charge in [-0.1, -0.05) is 11.6 Å². The molecule has 2 heterocycles. The Bertz CT molecular complexity index is 622. The summed E-state index contributed by atoms with van der Waals surface area (Å²) in [4.78, 5) is 0. The molecular weight excluding hydrogens is 266 g/mol. The van der Waals surface area contributed by atoms with Gasteiger partial charge in [0.25, 0.3) is 10.0 Å². The fourth-order valence-corrected chi connectivity index (χ4v) is 2.41. The van der Waals surface area contributed by atoms with Crippen LogP contribution in [0.2, 0.25) is 5.15 Å². The molecule has 2 aromatic heterocycles.